The molecule has 232 valence electrons. The highest BCUT2D eigenvalue weighted by atomic mass is 16.5. The van der Waals surface area contributed by atoms with Gasteiger partial charge in [-0.3, -0.25) is 19.3 Å². The van der Waals surface area contributed by atoms with Gasteiger partial charge in [-0.1, -0.05) is 41.6 Å². The summed E-state index contributed by atoms with van der Waals surface area (Å²) in [5.41, 5.74) is 4.38. The number of carbonyl (C=O) groups excluding carboxylic acids is 3. The Morgan fingerprint density at radius 3 is 2.51 bits per heavy atom. The molecule has 4 aromatic rings. The van der Waals surface area contributed by atoms with E-state index < -0.39 is 17.9 Å². The third kappa shape index (κ3) is 7.12. The highest BCUT2D eigenvalue weighted by molar-refractivity contribution is 6.04. The fourth-order valence-electron chi connectivity index (χ4n) is 5.18. The van der Waals surface area contributed by atoms with E-state index in [9.17, 15) is 24.3 Å². The maximum atomic E-state index is 13.2. The number of carboxylic acid groups (broad SMARTS) is 1. The number of amides is 4. The Balaban J connectivity index is 1.23. The minimum absolute atomic E-state index is 0.0502. The van der Waals surface area contributed by atoms with Gasteiger partial charge in [0.2, 0.25) is 5.91 Å². The molecular formula is C33H33N5O7. The number of nitrogens with one attached hydrogen (secondary N) is 2. The summed E-state index contributed by atoms with van der Waals surface area (Å²) in [4.78, 5) is 53.5. The summed E-state index contributed by atoms with van der Waals surface area (Å²) in [7, 11) is 3.14. The van der Waals surface area contributed by atoms with Gasteiger partial charge in [-0.15, -0.1) is 0 Å². The number of para-hydroxylation sites is 1. The summed E-state index contributed by atoms with van der Waals surface area (Å²) in [5, 5.41) is 18.7. The molecule has 0 radical (unpaired) electrons. The van der Waals surface area contributed by atoms with E-state index >= 15 is 0 Å². The second kappa shape index (κ2) is 13.3. The van der Waals surface area contributed by atoms with E-state index in [1.807, 2.05) is 24.3 Å². The highest BCUT2D eigenvalue weighted by Crippen LogP contribution is 2.31. The number of nitrogens with zero attached hydrogens (tertiary/aromatic N) is 3. The Morgan fingerprint density at radius 2 is 1.82 bits per heavy atom. The monoisotopic (exact) mass is 611 g/mol. The topological polar surface area (TPSA) is 154 Å². The van der Waals surface area contributed by atoms with Crippen molar-refractivity contribution in [1.82, 2.24) is 10.5 Å². The van der Waals surface area contributed by atoms with Crippen LogP contribution in [0.1, 0.15) is 45.4 Å². The molecule has 45 heavy (non-hydrogen) atoms. The van der Waals surface area contributed by atoms with Crippen LogP contribution >= 0.6 is 0 Å². The van der Waals surface area contributed by atoms with E-state index in [1.165, 1.54) is 18.1 Å². The van der Waals surface area contributed by atoms with E-state index in [2.05, 4.69) is 15.8 Å². The van der Waals surface area contributed by atoms with Gasteiger partial charge in [0, 0.05) is 31.0 Å². The minimum Gasteiger partial charge on any atom is -0.495 e. The highest BCUT2D eigenvalue weighted by Gasteiger charge is 2.25. The summed E-state index contributed by atoms with van der Waals surface area (Å²) in [6, 6.07) is 20.1. The number of hydrogen-bond donors (Lipinski definition) is 3. The lowest BCUT2D eigenvalue weighted by Crippen LogP contribution is -2.33. The van der Waals surface area contributed by atoms with Crippen LogP contribution in [-0.4, -0.2) is 54.8 Å². The molecule has 4 amide bonds. The molecule has 1 aromatic heterocycles. The predicted molar refractivity (Wildman–Crippen MR) is 167 cm³/mol. The molecular weight excluding hydrogens is 578 g/mol. The molecule has 1 atom stereocenters. The van der Waals surface area contributed by atoms with Crippen molar-refractivity contribution in [3.05, 3.63) is 101 Å². The van der Waals surface area contributed by atoms with Crippen molar-refractivity contribution in [1.29, 1.82) is 0 Å². The van der Waals surface area contributed by atoms with Crippen LogP contribution in [0.5, 0.6) is 5.75 Å². The number of carbonyl (C=O) groups is 4. The van der Waals surface area contributed by atoms with Crippen LogP contribution in [0.25, 0.3) is 0 Å². The van der Waals surface area contributed by atoms with Crippen molar-refractivity contribution in [2.45, 2.75) is 32.2 Å². The molecule has 0 saturated heterocycles. The standard InChI is InChI=1S/C33H33N5O7/c1-20-16-27(36-45-20)32(42)34-26(19-31(40)41)22-9-11-24(12-10-22)37(2)30(39)18-21-8-13-25(29(17-21)44-3)35-33(43)38-15-14-23-6-4-5-7-28(23)38/h4-13,16-17,26H,14-15,18-19H2,1-3H3,(H,34,42)(H,35,43)(H,40,41). The van der Waals surface area contributed by atoms with Gasteiger partial charge in [-0.25, -0.2) is 4.79 Å². The van der Waals surface area contributed by atoms with E-state index in [-0.39, 0.29) is 30.5 Å². The molecule has 0 fully saturated rings. The number of rotatable bonds is 10. The summed E-state index contributed by atoms with van der Waals surface area (Å²) in [6.07, 6.45) is 0.512. The van der Waals surface area contributed by atoms with Crippen LogP contribution in [0.4, 0.5) is 21.9 Å². The van der Waals surface area contributed by atoms with Crippen LogP contribution in [0.3, 0.4) is 0 Å². The van der Waals surface area contributed by atoms with Gasteiger partial charge in [-0.2, -0.15) is 0 Å². The first-order valence-electron chi connectivity index (χ1n) is 14.3. The first-order valence-corrected chi connectivity index (χ1v) is 14.3. The minimum atomic E-state index is -1.09. The van der Waals surface area contributed by atoms with Crippen LogP contribution in [0.2, 0.25) is 0 Å². The number of hydrogen-bond acceptors (Lipinski definition) is 7. The van der Waals surface area contributed by atoms with E-state index in [0.29, 0.717) is 40.6 Å². The Morgan fingerprint density at radius 1 is 1.07 bits per heavy atom. The number of likely N-dealkylation sites (N-methyl/N-ethyl adjacent to an activating group) is 1. The van der Waals surface area contributed by atoms with Gasteiger partial charge in [-0.05, 0) is 60.4 Å². The number of ether oxygens (including phenoxy) is 1. The number of aromatic nitrogens is 1. The Labute approximate surface area is 259 Å². The smallest absolute Gasteiger partial charge is 0.326 e. The van der Waals surface area contributed by atoms with Crippen LogP contribution in [0, 0.1) is 6.92 Å². The lowest BCUT2D eigenvalue weighted by Gasteiger charge is -2.21. The number of methoxy groups -OCH3 is 1. The normalized spacial score (nSPS) is 12.6. The zero-order chi connectivity index (χ0) is 32.1. The SMILES string of the molecule is COc1cc(CC(=O)N(C)c2ccc(C(CC(=O)O)NC(=O)c3cc(C)on3)cc2)ccc1NC(=O)N1CCc2ccccc21. The molecule has 0 spiro atoms. The Bertz CT molecular complexity index is 1730. The molecule has 1 unspecified atom stereocenters. The van der Waals surface area contributed by atoms with Gasteiger partial charge in [0.1, 0.15) is 11.5 Å². The molecule has 1 aliphatic rings. The zero-order valence-electron chi connectivity index (χ0n) is 25.1. The average Bonchev–Trinajstić information content (AvgIpc) is 3.67. The maximum Gasteiger partial charge on any atom is 0.326 e. The Kier molecular flexibility index (Phi) is 9.12. The number of aryl methyl sites for hydroxylation is 1. The molecule has 3 aromatic carbocycles. The van der Waals surface area contributed by atoms with Crippen molar-refractivity contribution in [2.75, 3.05) is 35.8 Å². The molecule has 0 bridgehead atoms. The van der Waals surface area contributed by atoms with Gasteiger partial charge in [0.05, 0.1) is 31.7 Å². The molecule has 3 N–H and O–H groups in total. The number of benzene rings is 3. The molecule has 0 saturated carbocycles. The first kappa shape index (κ1) is 30.8. The fraction of sp³-hybridized carbons (Fsp3) is 0.242. The molecule has 12 nitrogen and oxygen atoms in total. The second-order valence-electron chi connectivity index (χ2n) is 10.7. The number of carboxylic acids is 1. The fourth-order valence-corrected chi connectivity index (χ4v) is 5.18. The summed E-state index contributed by atoms with van der Waals surface area (Å²) < 4.78 is 10.5. The van der Waals surface area contributed by atoms with Crippen molar-refractivity contribution in [2.24, 2.45) is 0 Å². The van der Waals surface area contributed by atoms with Gasteiger partial charge in [0.15, 0.2) is 5.69 Å². The molecule has 5 rings (SSSR count). The molecule has 1 aliphatic heterocycles. The maximum absolute atomic E-state index is 13.2. The van der Waals surface area contributed by atoms with Gasteiger partial charge >= 0.3 is 12.0 Å². The van der Waals surface area contributed by atoms with Crippen molar-refractivity contribution in [3.8, 4) is 5.75 Å². The Hall–Kier alpha value is -5.65. The second-order valence-corrected chi connectivity index (χ2v) is 10.7. The molecule has 0 aliphatic carbocycles. The third-order valence-corrected chi connectivity index (χ3v) is 7.60. The lowest BCUT2D eigenvalue weighted by atomic mass is 10.0. The third-order valence-electron chi connectivity index (χ3n) is 7.60. The van der Waals surface area contributed by atoms with Crippen molar-refractivity contribution < 1.29 is 33.5 Å². The largest absolute Gasteiger partial charge is 0.495 e. The molecule has 2 heterocycles. The predicted octanol–water partition coefficient (Wildman–Crippen LogP) is 4.74. The summed E-state index contributed by atoms with van der Waals surface area (Å²) in [6.45, 7) is 2.24. The summed E-state index contributed by atoms with van der Waals surface area (Å²) in [5.74, 6) is -0.961. The summed E-state index contributed by atoms with van der Waals surface area (Å²) >= 11 is 0. The van der Waals surface area contributed by atoms with Crippen LogP contribution in [-0.2, 0) is 22.4 Å². The molecule has 12 heteroatoms. The van der Waals surface area contributed by atoms with Crippen LogP contribution < -0.4 is 25.2 Å². The number of fused-ring (bicyclic) bond motifs is 1. The number of anilines is 3. The van der Waals surface area contributed by atoms with Crippen molar-refractivity contribution >= 4 is 40.9 Å². The van der Waals surface area contributed by atoms with E-state index in [4.69, 9.17) is 9.26 Å². The zero-order valence-corrected chi connectivity index (χ0v) is 25.1. The number of urea groups is 1. The lowest BCUT2D eigenvalue weighted by molar-refractivity contribution is -0.137. The average molecular weight is 612 g/mol. The number of aliphatic carboxylic acids is 1. The van der Waals surface area contributed by atoms with Crippen LogP contribution in [0.15, 0.2) is 77.3 Å². The quantitative estimate of drug-likeness (QED) is 0.232. The van der Waals surface area contributed by atoms with Gasteiger partial charge in [0.25, 0.3) is 5.91 Å². The first-order chi connectivity index (χ1) is 21.6. The van der Waals surface area contributed by atoms with Gasteiger partial charge < -0.3 is 29.9 Å². The van der Waals surface area contributed by atoms with E-state index in [0.717, 1.165) is 17.7 Å². The van der Waals surface area contributed by atoms with Crippen molar-refractivity contribution in [3.63, 3.8) is 0 Å². The van der Waals surface area contributed by atoms with E-state index in [1.54, 1.807) is 61.3 Å².